The summed E-state index contributed by atoms with van der Waals surface area (Å²) in [6, 6.07) is 13.2. The van der Waals surface area contributed by atoms with E-state index in [2.05, 4.69) is 10.5 Å². The lowest BCUT2D eigenvalue weighted by molar-refractivity contribution is -0.132. The number of carbonyl (C=O) groups excluding carboxylic acids is 2. The number of benzene rings is 2. The number of likely N-dealkylation sites (N-methyl/N-ethyl adjacent to an activating group) is 1. The molecule has 2 aromatic carbocycles. The van der Waals surface area contributed by atoms with Crippen molar-refractivity contribution in [2.75, 3.05) is 18.9 Å². The third-order valence-corrected chi connectivity index (χ3v) is 5.32. The third-order valence-electron chi connectivity index (χ3n) is 5.32. The van der Waals surface area contributed by atoms with E-state index in [4.69, 9.17) is 9.26 Å². The molecule has 0 atom stereocenters. The Bertz CT molecular complexity index is 1080. The number of rotatable bonds is 8. The minimum Gasteiger partial charge on any atom is -0.489 e. The molecule has 0 fully saturated rings. The molecule has 0 aliphatic rings. The van der Waals surface area contributed by atoms with Crippen LogP contribution in [0.3, 0.4) is 0 Å². The van der Waals surface area contributed by atoms with Crippen LogP contribution in [0.1, 0.15) is 33.7 Å². The summed E-state index contributed by atoms with van der Waals surface area (Å²) in [7, 11) is 1.63. The van der Waals surface area contributed by atoms with E-state index >= 15 is 0 Å². The maximum absolute atomic E-state index is 12.6. The number of aryl methyl sites for hydroxylation is 4. The number of aromatic nitrogens is 1. The van der Waals surface area contributed by atoms with Crippen LogP contribution in [0, 0.1) is 27.7 Å². The molecule has 2 amide bonds. The maximum Gasteiger partial charge on any atom is 0.243 e. The minimum absolute atomic E-state index is 0.00908. The van der Waals surface area contributed by atoms with Gasteiger partial charge in [-0.1, -0.05) is 29.4 Å². The Labute approximate surface area is 188 Å². The Morgan fingerprint density at radius 2 is 1.78 bits per heavy atom. The zero-order chi connectivity index (χ0) is 23.3. The van der Waals surface area contributed by atoms with E-state index in [-0.39, 0.29) is 24.8 Å². The fourth-order valence-electron chi connectivity index (χ4n) is 3.24. The largest absolute Gasteiger partial charge is 0.489 e. The first-order valence-corrected chi connectivity index (χ1v) is 10.5. The van der Waals surface area contributed by atoms with Gasteiger partial charge in [-0.25, -0.2) is 0 Å². The monoisotopic (exact) mass is 435 g/mol. The van der Waals surface area contributed by atoms with Crippen molar-refractivity contribution in [3.05, 3.63) is 76.2 Å². The van der Waals surface area contributed by atoms with E-state index in [1.54, 1.807) is 7.05 Å². The van der Waals surface area contributed by atoms with Gasteiger partial charge in [0.15, 0.2) is 0 Å². The third kappa shape index (κ3) is 5.97. The molecule has 0 bridgehead atoms. The molecule has 0 saturated heterocycles. The number of hydrogen-bond acceptors (Lipinski definition) is 5. The highest BCUT2D eigenvalue weighted by molar-refractivity contribution is 5.95. The normalized spacial score (nSPS) is 10.7. The zero-order valence-electron chi connectivity index (χ0n) is 19.2. The first kappa shape index (κ1) is 23.1. The van der Waals surface area contributed by atoms with Crippen LogP contribution >= 0.6 is 0 Å². The van der Waals surface area contributed by atoms with Gasteiger partial charge in [-0.05, 0) is 62.6 Å². The van der Waals surface area contributed by atoms with Gasteiger partial charge in [0.2, 0.25) is 11.8 Å². The lowest BCUT2D eigenvalue weighted by Crippen LogP contribution is -2.35. The van der Waals surface area contributed by atoms with Crippen LogP contribution in [0.4, 0.5) is 5.69 Å². The second kappa shape index (κ2) is 10.1. The number of ether oxygens (including phenoxy) is 1. The lowest BCUT2D eigenvalue weighted by Gasteiger charge is -2.18. The Morgan fingerprint density at radius 3 is 2.44 bits per heavy atom. The van der Waals surface area contributed by atoms with Gasteiger partial charge < -0.3 is 19.5 Å². The summed E-state index contributed by atoms with van der Waals surface area (Å²) < 4.78 is 10.9. The van der Waals surface area contributed by atoms with Crippen molar-refractivity contribution in [3.8, 4) is 5.75 Å². The van der Waals surface area contributed by atoms with Gasteiger partial charge in [0.1, 0.15) is 18.1 Å². The molecule has 1 aromatic heterocycles. The highest BCUT2D eigenvalue weighted by Gasteiger charge is 2.15. The van der Waals surface area contributed by atoms with E-state index in [9.17, 15) is 9.59 Å². The van der Waals surface area contributed by atoms with Gasteiger partial charge >= 0.3 is 0 Å². The minimum atomic E-state index is -0.224. The van der Waals surface area contributed by atoms with Crippen molar-refractivity contribution in [3.63, 3.8) is 0 Å². The van der Waals surface area contributed by atoms with E-state index in [1.807, 2.05) is 70.2 Å². The van der Waals surface area contributed by atoms with Crippen molar-refractivity contribution in [1.29, 1.82) is 0 Å². The quantitative estimate of drug-likeness (QED) is 0.575. The molecular weight excluding hydrogens is 406 g/mol. The highest BCUT2D eigenvalue weighted by Crippen LogP contribution is 2.19. The summed E-state index contributed by atoms with van der Waals surface area (Å²) in [6.07, 6.45) is 0.206. The van der Waals surface area contributed by atoms with E-state index < -0.39 is 0 Å². The molecule has 3 rings (SSSR count). The second-order valence-corrected chi connectivity index (χ2v) is 8.03. The molecule has 1 N–H and O–H groups in total. The lowest BCUT2D eigenvalue weighted by atomic mass is 10.1. The molecule has 1 heterocycles. The number of anilines is 1. The number of hydrogen-bond donors (Lipinski definition) is 1. The van der Waals surface area contributed by atoms with Crippen LogP contribution in [0.15, 0.2) is 47.0 Å². The van der Waals surface area contributed by atoms with E-state index in [1.165, 1.54) is 4.90 Å². The molecule has 0 spiro atoms. The van der Waals surface area contributed by atoms with Crippen molar-refractivity contribution in [2.45, 2.75) is 40.7 Å². The summed E-state index contributed by atoms with van der Waals surface area (Å²) >= 11 is 0. The number of carbonyl (C=O) groups is 2. The average Bonchev–Trinajstić information content (AvgIpc) is 3.07. The van der Waals surface area contributed by atoms with Crippen molar-refractivity contribution in [1.82, 2.24) is 10.1 Å². The predicted octanol–water partition coefficient (Wildman–Crippen LogP) is 4.13. The van der Waals surface area contributed by atoms with Crippen LogP contribution in [0.2, 0.25) is 0 Å². The SMILES string of the molecule is Cc1ccc(C)c(NC(=O)CN(C)C(=O)Cc2ccc(OCc3c(C)noc3C)cc2)c1. The van der Waals surface area contributed by atoms with Gasteiger partial charge in [0.25, 0.3) is 0 Å². The van der Waals surface area contributed by atoms with Crippen molar-refractivity contribution in [2.24, 2.45) is 0 Å². The average molecular weight is 436 g/mol. The van der Waals surface area contributed by atoms with Crippen LogP contribution in [-0.4, -0.2) is 35.5 Å². The first-order chi connectivity index (χ1) is 15.2. The molecule has 0 saturated carbocycles. The first-order valence-electron chi connectivity index (χ1n) is 10.5. The smallest absolute Gasteiger partial charge is 0.243 e. The summed E-state index contributed by atoms with van der Waals surface area (Å²) in [5.41, 5.74) is 5.41. The molecular formula is C25H29N3O4. The van der Waals surface area contributed by atoms with Gasteiger partial charge in [0, 0.05) is 12.7 Å². The Morgan fingerprint density at radius 1 is 1.06 bits per heavy atom. The van der Waals surface area contributed by atoms with Crippen molar-refractivity contribution < 1.29 is 18.8 Å². The van der Waals surface area contributed by atoms with Gasteiger partial charge in [-0.3, -0.25) is 9.59 Å². The Hall–Kier alpha value is -3.61. The van der Waals surface area contributed by atoms with Crippen molar-refractivity contribution >= 4 is 17.5 Å². The fraction of sp³-hybridized carbons (Fsp3) is 0.320. The topological polar surface area (TPSA) is 84.7 Å². The Kier molecular flexibility index (Phi) is 7.30. The summed E-state index contributed by atoms with van der Waals surface area (Å²) in [4.78, 5) is 26.4. The molecule has 168 valence electrons. The molecule has 0 aliphatic carbocycles. The van der Waals surface area contributed by atoms with E-state index in [0.29, 0.717) is 12.4 Å². The molecule has 0 radical (unpaired) electrons. The number of nitrogens with zero attached hydrogens (tertiary/aromatic N) is 2. The van der Waals surface area contributed by atoms with Gasteiger partial charge in [-0.15, -0.1) is 0 Å². The molecule has 7 heteroatoms. The standard InChI is InChI=1S/C25H29N3O4/c1-16-6-7-17(2)23(12-16)26-24(29)14-28(5)25(30)13-20-8-10-21(11-9-20)31-15-22-18(3)27-32-19(22)4/h6-12H,13-15H2,1-5H3,(H,26,29). The number of amides is 2. The van der Waals surface area contributed by atoms with Crippen LogP contribution < -0.4 is 10.1 Å². The second-order valence-electron chi connectivity index (χ2n) is 8.03. The van der Waals surface area contributed by atoms with Crippen LogP contribution in [-0.2, 0) is 22.6 Å². The highest BCUT2D eigenvalue weighted by atomic mass is 16.5. The number of nitrogens with one attached hydrogen (secondary N) is 1. The van der Waals surface area contributed by atoms with Crippen LogP contribution in [0.5, 0.6) is 5.75 Å². The predicted molar refractivity (Wildman–Crippen MR) is 123 cm³/mol. The summed E-state index contributed by atoms with van der Waals surface area (Å²) in [5, 5.41) is 6.80. The summed E-state index contributed by atoms with van der Waals surface area (Å²) in [5.74, 6) is 1.08. The molecule has 7 nitrogen and oxygen atoms in total. The summed E-state index contributed by atoms with van der Waals surface area (Å²) in [6.45, 7) is 8.00. The van der Waals surface area contributed by atoms with Crippen LogP contribution in [0.25, 0.3) is 0 Å². The van der Waals surface area contributed by atoms with Gasteiger partial charge in [-0.2, -0.15) is 0 Å². The molecule has 3 aromatic rings. The molecule has 0 unspecified atom stereocenters. The molecule has 32 heavy (non-hydrogen) atoms. The zero-order valence-corrected chi connectivity index (χ0v) is 19.2. The maximum atomic E-state index is 12.6. The fourth-order valence-corrected chi connectivity index (χ4v) is 3.24. The van der Waals surface area contributed by atoms with Gasteiger partial charge in [0.05, 0.1) is 24.2 Å². The molecule has 0 aliphatic heterocycles. The Balaban J connectivity index is 1.50. The van der Waals surface area contributed by atoms with E-state index in [0.717, 1.165) is 39.4 Å².